The van der Waals surface area contributed by atoms with Crippen LogP contribution in [0.1, 0.15) is 6.42 Å². The van der Waals surface area contributed by atoms with E-state index in [-0.39, 0.29) is 11.5 Å². The van der Waals surface area contributed by atoms with Crippen molar-refractivity contribution in [3.63, 3.8) is 0 Å². The van der Waals surface area contributed by atoms with Crippen LogP contribution in [0.3, 0.4) is 0 Å². The summed E-state index contributed by atoms with van der Waals surface area (Å²) in [6.45, 7) is 0. The second kappa shape index (κ2) is 7.03. The number of Topliss-reactive ketones (excluding diaryl/α,β-unsaturated/α-hetero) is 1. The Hall–Kier alpha value is -2.03. The topological polar surface area (TPSA) is 75.3 Å². The highest BCUT2D eigenvalue weighted by molar-refractivity contribution is 7.99. The minimum Gasteiger partial charge on any atom is -0.325 e. The summed E-state index contributed by atoms with van der Waals surface area (Å²) in [6, 6.07) is 5.17. The number of benzene rings is 1. The van der Waals surface area contributed by atoms with Crippen LogP contribution in [0.2, 0.25) is 0 Å². The molecule has 9 heteroatoms. The maximum Gasteiger partial charge on any atom is 0.471 e. The molecule has 2 rings (SSSR count). The molecule has 5 nitrogen and oxygen atoms in total. The molecule has 0 spiro atoms. The van der Waals surface area contributed by atoms with Crippen molar-refractivity contribution in [2.24, 2.45) is 5.92 Å². The van der Waals surface area contributed by atoms with E-state index in [9.17, 15) is 27.6 Å². The normalized spacial score (nSPS) is 18.4. The highest BCUT2D eigenvalue weighted by atomic mass is 32.2. The van der Waals surface area contributed by atoms with Crippen molar-refractivity contribution in [2.45, 2.75) is 12.6 Å². The molecule has 1 aliphatic heterocycles. The monoisotopic (exact) mass is 346 g/mol. The Bertz CT molecular complexity index is 617. The second-order valence-corrected chi connectivity index (χ2v) is 6.01. The van der Waals surface area contributed by atoms with Gasteiger partial charge in [0.1, 0.15) is 11.7 Å². The third kappa shape index (κ3) is 4.72. The van der Waals surface area contributed by atoms with E-state index in [1.54, 1.807) is 5.32 Å². The number of nitrogens with one attached hydrogen (secondary N) is 2. The van der Waals surface area contributed by atoms with E-state index in [0.717, 1.165) is 0 Å². The van der Waals surface area contributed by atoms with Gasteiger partial charge in [-0.3, -0.25) is 14.4 Å². The summed E-state index contributed by atoms with van der Waals surface area (Å²) in [5, 5.41) is 4.24. The minimum atomic E-state index is -4.97. The first-order valence-electron chi connectivity index (χ1n) is 6.67. The van der Waals surface area contributed by atoms with Gasteiger partial charge in [0.2, 0.25) is 5.91 Å². The van der Waals surface area contributed by atoms with Gasteiger partial charge in [0.05, 0.1) is 0 Å². The molecule has 1 atom stereocenters. The van der Waals surface area contributed by atoms with Gasteiger partial charge < -0.3 is 10.6 Å². The van der Waals surface area contributed by atoms with E-state index >= 15 is 0 Å². The van der Waals surface area contributed by atoms with Crippen molar-refractivity contribution < 1.29 is 27.6 Å². The number of amides is 2. The van der Waals surface area contributed by atoms with Crippen molar-refractivity contribution >= 4 is 40.7 Å². The number of carbonyl (C=O) groups excluding carboxylic acids is 3. The van der Waals surface area contributed by atoms with Gasteiger partial charge in [-0.1, -0.05) is 0 Å². The van der Waals surface area contributed by atoms with Crippen LogP contribution < -0.4 is 10.6 Å². The SMILES string of the molecule is O=C1CCSCC1C(=O)Nc1ccc(NC(=O)C(F)(F)F)cc1. The smallest absolute Gasteiger partial charge is 0.325 e. The van der Waals surface area contributed by atoms with Crippen molar-refractivity contribution in [2.75, 3.05) is 22.1 Å². The number of carbonyl (C=O) groups is 3. The molecule has 2 N–H and O–H groups in total. The van der Waals surface area contributed by atoms with Crippen molar-refractivity contribution in [3.8, 4) is 0 Å². The number of anilines is 2. The van der Waals surface area contributed by atoms with Gasteiger partial charge in [-0.2, -0.15) is 24.9 Å². The zero-order chi connectivity index (χ0) is 17.0. The van der Waals surface area contributed by atoms with Crippen LogP contribution in [0.4, 0.5) is 24.5 Å². The summed E-state index contributed by atoms with van der Waals surface area (Å²) in [5.74, 6) is -2.21. The molecule has 0 aromatic heterocycles. The molecular weight excluding hydrogens is 333 g/mol. The average molecular weight is 346 g/mol. The molecule has 0 bridgehead atoms. The van der Waals surface area contributed by atoms with Gasteiger partial charge in [0, 0.05) is 29.3 Å². The Morgan fingerprint density at radius 3 is 2.17 bits per heavy atom. The Kier molecular flexibility index (Phi) is 5.30. The summed E-state index contributed by atoms with van der Waals surface area (Å²) in [5.41, 5.74) is 0.290. The number of alkyl halides is 3. The number of hydrogen-bond donors (Lipinski definition) is 2. The maximum absolute atomic E-state index is 12.1. The van der Waals surface area contributed by atoms with E-state index in [1.165, 1.54) is 36.0 Å². The molecule has 0 radical (unpaired) electrons. The molecule has 1 unspecified atom stereocenters. The Morgan fingerprint density at radius 1 is 1.09 bits per heavy atom. The first-order valence-corrected chi connectivity index (χ1v) is 7.82. The summed E-state index contributed by atoms with van der Waals surface area (Å²) in [6.07, 6.45) is -4.61. The van der Waals surface area contributed by atoms with Gasteiger partial charge in [-0.25, -0.2) is 0 Å². The first kappa shape index (κ1) is 17.3. The molecule has 1 saturated heterocycles. The minimum absolute atomic E-state index is 0.0466. The van der Waals surface area contributed by atoms with Crippen LogP contribution in [0.5, 0.6) is 0 Å². The number of rotatable bonds is 3. The Morgan fingerprint density at radius 2 is 1.65 bits per heavy atom. The van der Waals surface area contributed by atoms with Crippen LogP contribution in [-0.4, -0.2) is 35.3 Å². The fourth-order valence-electron chi connectivity index (χ4n) is 1.93. The molecule has 0 aliphatic carbocycles. The molecule has 1 heterocycles. The third-order valence-corrected chi connectivity index (χ3v) is 4.21. The van der Waals surface area contributed by atoms with Crippen LogP contribution in [0.25, 0.3) is 0 Å². The fraction of sp³-hybridized carbons (Fsp3) is 0.357. The quantitative estimate of drug-likeness (QED) is 0.825. The van der Waals surface area contributed by atoms with E-state index in [2.05, 4.69) is 5.32 Å². The van der Waals surface area contributed by atoms with Gasteiger partial charge in [-0.05, 0) is 24.3 Å². The van der Waals surface area contributed by atoms with Gasteiger partial charge in [0.25, 0.3) is 0 Å². The lowest BCUT2D eigenvalue weighted by Crippen LogP contribution is -2.34. The van der Waals surface area contributed by atoms with E-state index in [1.807, 2.05) is 0 Å². The van der Waals surface area contributed by atoms with Gasteiger partial charge in [-0.15, -0.1) is 0 Å². The van der Waals surface area contributed by atoms with Crippen molar-refractivity contribution in [1.82, 2.24) is 0 Å². The van der Waals surface area contributed by atoms with Gasteiger partial charge >= 0.3 is 12.1 Å². The number of halogens is 3. The number of hydrogen-bond acceptors (Lipinski definition) is 4. The summed E-state index contributed by atoms with van der Waals surface area (Å²) in [4.78, 5) is 34.5. The van der Waals surface area contributed by atoms with Crippen molar-refractivity contribution in [1.29, 1.82) is 0 Å². The Labute approximate surface area is 134 Å². The lowest BCUT2D eigenvalue weighted by Gasteiger charge is -2.19. The largest absolute Gasteiger partial charge is 0.471 e. The molecule has 2 amide bonds. The zero-order valence-electron chi connectivity index (χ0n) is 11.8. The zero-order valence-corrected chi connectivity index (χ0v) is 12.6. The lowest BCUT2D eigenvalue weighted by atomic mass is 10.0. The van der Waals surface area contributed by atoms with Crippen LogP contribution in [0.15, 0.2) is 24.3 Å². The lowest BCUT2D eigenvalue weighted by molar-refractivity contribution is -0.167. The molecule has 1 fully saturated rings. The number of ketones is 1. The molecule has 1 aromatic rings. The molecule has 23 heavy (non-hydrogen) atoms. The van der Waals surface area contributed by atoms with E-state index in [4.69, 9.17) is 0 Å². The fourth-order valence-corrected chi connectivity index (χ4v) is 3.02. The van der Waals surface area contributed by atoms with Gasteiger partial charge in [0.15, 0.2) is 0 Å². The summed E-state index contributed by atoms with van der Waals surface area (Å²) >= 11 is 1.52. The maximum atomic E-state index is 12.1. The predicted octanol–water partition coefficient (Wildman–Crippen LogP) is 2.45. The highest BCUT2D eigenvalue weighted by Crippen LogP contribution is 2.23. The third-order valence-electron chi connectivity index (χ3n) is 3.15. The predicted molar refractivity (Wildman–Crippen MR) is 80.2 cm³/mol. The highest BCUT2D eigenvalue weighted by Gasteiger charge is 2.38. The summed E-state index contributed by atoms with van der Waals surface area (Å²) in [7, 11) is 0. The molecule has 1 aliphatic rings. The van der Waals surface area contributed by atoms with Crippen LogP contribution in [0, 0.1) is 5.92 Å². The standard InChI is InChI=1S/C14H13F3N2O3S/c15-14(16,17)13(22)19-9-3-1-8(2-4-9)18-12(21)10-7-23-6-5-11(10)20/h1-4,10H,5-7H2,(H,18,21)(H,19,22). The van der Waals surface area contributed by atoms with E-state index < -0.39 is 23.9 Å². The number of thioether (sulfide) groups is 1. The molecule has 124 valence electrons. The van der Waals surface area contributed by atoms with Crippen LogP contribution in [-0.2, 0) is 14.4 Å². The summed E-state index contributed by atoms with van der Waals surface area (Å²) < 4.78 is 36.4. The first-order chi connectivity index (χ1) is 10.8. The Balaban J connectivity index is 1.96. The van der Waals surface area contributed by atoms with E-state index in [0.29, 0.717) is 23.6 Å². The average Bonchev–Trinajstić information content (AvgIpc) is 2.48. The molecule has 1 aromatic carbocycles. The molecule has 0 saturated carbocycles. The van der Waals surface area contributed by atoms with Crippen molar-refractivity contribution in [3.05, 3.63) is 24.3 Å². The molecular formula is C14H13F3N2O3S. The van der Waals surface area contributed by atoms with Crippen LogP contribution >= 0.6 is 11.8 Å². The second-order valence-electron chi connectivity index (χ2n) is 4.86.